The van der Waals surface area contributed by atoms with E-state index < -0.39 is 0 Å². The molecule has 4 heteroatoms. The smallest absolute Gasteiger partial charge is 0.340 e. The highest BCUT2D eigenvalue weighted by molar-refractivity contribution is 6.04. The first-order valence-corrected chi connectivity index (χ1v) is 5.85. The van der Waals surface area contributed by atoms with Crippen molar-refractivity contribution in [3.8, 4) is 5.75 Å². The van der Waals surface area contributed by atoms with E-state index in [0.717, 1.165) is 16.7 Å². The van der Waals surface area contributed by atoms with Crippen LogP contribution in [-0.4, -0.2) is 24.8 Å². The Morgan fingerprint density at radius 2 is 2.00 bits per heavy atom. The zero-order chi connectivity index (χ0) is 13.3. The molecule has 0 atom stereocenters. The van der Waals surface area contributed by atoms with Crippen LogP contribution in [0.15, 0.2) is 24.4 Å². The van der Waals surface area contributed by atoms with Crippen molar-refractivity contribution < 1.29 is 14.3 Å². The first-order chi connectivity index (χ1) is 8.58. The molecule has 0 N–H and O–H groups in total. The molecule has 1 aromatic carbocycles. The van der Waals surface area contributed by atoms with E-state index in [9.17, 15) is 4.79 Å². The van der Waals surface area contributed by atoms with Crippen molar-refractivity contribution in [2.24, 2.45) is 0 Å². The van der Waals surface area contributed by atoms with E-state index in [4.69, 9.17) is 9.47 Å². The average molecular weight is 247 g/mol. The van der Waals surface area contributed by atoms with Crippen LogP contribution in [0.1, 0.15) is 30.2 Å². The third-order valence-corrected chi connectivity index (χ3v) is 3.00. The topological polar surface area (TPSA) is 40.5 Å². The van der Waals surface area contributed by atoms with Crippen molar-refractivity contribution in [1.82, 2.24) is 4.57 Å². The van der Waals surface area contributed by atoms with Crippen LogP contribution in [-0.2, 0) is 4.74 Å². The second kappa shape index (κ2) is 4.72. The third kappa shape index (κ3) is 1.94. The van der Waals surface area contributed by atoms with Crippen LogP contribution < -0.4 is 4.74 Å². The molecule has 2 aromatic rings. The summed E-state index contributed by atoms with van der Waals surface area (Å²) in [5.74, 6) is 0.462. The van der Waals surface area contributed by atoms with Crippen LogP contribution in [0.25, 0.3) is 10.9 Å². The molecule has 0 radical (unpaired) electrons. The van der Waals surface area contributed by atoms with E-state index in [1.165, 1.54) is 7.11 Å². The number of esters is 1. The average Bonchev–Trinajstić information content (AvgIpc) is 2.76. The van der Waals surface area contributed by atoms with Crippen LogP contribution >= 0.6 is 0 Å². The lowest BCUT2D eigenvalue weighted by atomic mass is 10.1. The van der Waals surface area contributed by atoms with E-state index in [1.807, 2.05) is 29.0 Å². The second-order valence-electron chi connectivity index (χ2n) is 4.42. The molecule has 18 heavy (non-hydrogen) atoms. The molecule has 0 amide bonds. The normalized spacial score (nSPS) is 10.9. The molecule has 0 fully saturated rings. The molecular formula is C14H17NO3. The number of hydrogen-bond donors (Lipinski definition) is 0. The van der Waals surface area contributed by atoms with Crippen molar-refractivity contribution in [3.63, 3.8) is 0 Å². The molecule has 0 unspecified atom stereocenters. The van der Waals surface area contributed by atoms with Gasteiger partial charge in [0.05, 0.1) is 25.3 Å². The van der Waals surface area contributed by atoms with Crippen LogP contribution in [0, 0.1) is 0 Å². The Bertz CT molecular complexity index is 584. The predicted octanol–water partition coefficient (Wildman–Crippen LogP) is 3.02. The van der Waals surface area contributed by atoms with Gasteiger partial charge in [-0.15, -0.1) is 0 Å². The van der Waals surface area contributed by atoms with Crippen molar-refractivity contribution >= 4 is 16.9 Å². The van der Waals surface area contributed by atoms with Gasteiger partial charge in [0.1, 0.15) is 5.75 Å². The fourth-order valence-electron chi connectivity index (χ4n) is 2.06. The number of methoxy groups -OCH3 is 2. The maximum atomic E-state index is 11.8. The highest BCUT2D eigenvalue weighted by Crippen LogP contribution is 2.28. The highest BCUT2D eigenvalue weighted by Gasteiger charge is 2.17. The van der Waals surface area contributed by atoms with Crippen molar-refractivity contribution in [2.75, 3.05) is 14.2 Å². The van der Waals surface area contributed by atoms with Gasteiger partial charge in [0.25, 0.3) is 0 Å². The lowest BCUT2D eigenvalue weighted by molar-refractivity contribution is 0.0602. The number of aromatic nitrogens is 1. The number of carbonyl (C=O) groups excluding carboxylic acids is 1. The number of hydrogen-bond acceptors (Lipinski definition) is 3. The Morgan fingerprint density at radius 3 is 2.56 bits per heavy atom. The molecule has 2 rings (SSSR count). The minimum atomic E-state index is -0.315. The highest BCUT2D eigenvalue weighted by atomic mass is 16.5. The molecule has 0 bridgehead atoms. The van der Waals surface area contributed by atoms with Crippen LogP contribution in [0.4, 0.5) is 0 Å². The minimum absolute atomic E-state index is 0.262. The maximum Gasteiger partial charge on any atom is 0.340 e. The van der Waals surface area contributed by atoms with Gasteiger partial charge in [-0.1, -0.05) is 0 Å². The molecule has 0 saturated heterocycles. The molecular weight excluding hydrogens is 230 g/mol. The van der Waals surface area contributed by atoms with Crippen molar-refractivity contribution in [2.45, 2.75) is 19.9 Å². The monoisotopic (exact) mass is 247 g/mol. The van der Waals surface area contributed by atoms with Gasteiger partial charge in [-0.25, -0.2) is 4.79 Å². The Hall–Kier alpha value is -1.97. The Morgan fingerprint density at radius 1 is 1.28 bits per heavy atom. The first kappa shape index (κ1) is 12.5. The Kier molecular flexibility index (Phi) is 3.28. The van der Waals surface area contributed by atoms with Crippen LogP contribution in [0.5, 0.6) is 5.75 Å². The lowest BCUT2D eigenvalue weighted by Crippen LogP contribution is -2.01. The van der Waals surface area contributed by atoms with Gasteiger partial charge in [0.15, 0.2) is 0 Å². The van der Waals surface area contributed by atoms with Crippen molar-refractivity contribution in [3.05, 3.63) is 30.0 Å². The summed E-state index contributed by atoms with van der Waals surface area (Å²) in [6, 6.07) is 5.93. The minimum Gasteiger partial charge on any atom is -0.497 e. The molecule has 4 nitrogen and oxygen atoms in total. The molecule has 0 spiro atoms. The number of carbonyl (C=O) groups is 1. The largest absolute Gasteiger partial charge is 0.497 e. The predicted molar refractivity (Wildman–Crippen MR) is 70.2 cm³/mol. The summed E-state index contributed by atoms with van der Waals surface area (Å²) in [6.45, 7) is 4.14. The molecule has 1 aromatic heterocycles. The molecule has 0 aliphatic rings. The van der Waals surface area contributed by atoms with Crippen molar-refractivity contribution in [1.29, 1.82) is 0 Å². The number of benzene rings is 1. The Labute approximate surface area is 106 Å². The third-order valence-electron chi connectivity index (χ3n) is 3.00. The van der Waals surface area contributed by atoms with E-state index in [0.29, 0.717) is 5.56 Å². The number of ether oxygens (including phenoxy) is 2. The van der Waals surface area contributed by atoms with Gasteiger partial charge in [0.2, 0.25) is 0 Å². The standard InChI is InChI=1S/C14H17NO3/c1-9(2)15-8-12(14(16)18-4)11-6-5-10(17-3)7-13(11)15/h5-9H,1-4H3. The van der Waals surface area contributed by atoms with Gasteiger partial charge in [0, 0.05) is 23.7 Å². The molecule has 0 saturated carbocycles. The van der Waals surface area contributed by atoms with Gasteiger partial charge in [-0.05, 0) is 26.0 Å². The lowest BCUT2D eigenvalue weighted by Gasteiger charge is -2.09. The number of nitrogens with zero attached hydrogens (tertiary/aromatic N) is 1. The summed E-state index contributed by atoms with van der Waals surface area (Å²) >= 11 is 0. The van der Waals surface area contributed by atoms with E-state index in [1.54, 1.807) is 7.11 Å². The summed E-state index contributed by atoms with van der Waals surface area (Å²) in [5, 5.41) is 0.886. The van der Waals surface area contributed by atoms with Crippen LogP contribution in [0.3, 0.4) is 0 Å². The molecule has 0 aliphatic carbocycles. The van der Waals surface area contributed by atoms with Gasteiger partial charge < -0.3 is 14.0 Å². The first-order valence-electron chi connectivity index (χ1n) is 5.85. The fraction of sp³-hybridized carbons (Fsp3) is 0.357. The summed E-state index contributed by atoms with van der Waals surface area (Å²) in [5.41, 5.74) is 1.56. The quantitative estimate of drug-likeness (QED) is 0.783. The van der Waals surface area contributed by atoms with Gasteiger partial charge in [-0.2, -0.15) is 0 Å². The number of rotatable bonds is 3. The number of fused-ring (bicyclic) bond motifs is 1. The zero-order valence-electron chi connectivity index (χ0n) is 11.1. The van der Waals surface area contributed by atoms with E-state index in [-0.39, 0.29) is 12.0 Å². The molecule has 0 aliphatic heterocycles. The molecule has 96 valence electrons. The van der Waals surface area contributed by atoms with Gasteiger partial charge in [-0.3, -0.25) is 0 Å². The van der Waals surface area contributed by atoms with E-state index >= 15 is 0 Å². The summed E-state index contributed by atoms with van der Waals surface area (Å²) in [7, 11) is 3.02. The Balaban J connectivity index is 2.71. The van der Waals surface area contributed by atoms with Crippen LogP contribution in [0.2, 0.25) is 0 Å². The van der Waals surface area contributed by atoms with Gasteiger partial charge >= 0.3 is 5.97 Å². The maximum absolute atomic E-state index is 11.8. The summed E-state index contributed by atoms with van der Waals surface area (Å²) in [6.07, 6.45) is 1.83. The second-order valence-corrected chi connectivity index (χ2v) is 4.42. The SMILES string of the molecule is COC(=O)c1cn(C(C)C)c2cc(OC)ccc12. The molecule has 1 heterocycles. The zero-order valence-corrected chi connectivity index (χ0v) is 11.1. The summed E-state index contributed by atoms with van der Waals surface area (Å²) in [4.78, 5) is 11.8. The van der Waals surface area contributed by atoms with E-state index in [2.05, 4.69) is 13.8 Å². The fourth-order valence-corrected chi connectivity index (χ4v) is 2.06. The summed E-state index contributed by atoms with van der Waals surface area (Å²) < 4.78 is 12.1.